The Balaban J connectivity index is 1.33. The number of cyclic esters (lactones) is 1. The third kappa shape index (κ3) is 3.92. The highest BCUT2D eigenvalue weighted by Gasteiger charge is 2.38. The first kappa shape index (κ1) is 20.1. The molecule has 0 aliphatic carbocycles. The number of benzene rings is 2. The van der Waals surface area contributed by atoms with E-state index in [0.717, 1.165) is 17.7 Å². The Hall–Kier alpha value is -3.23. The number of anilines is 1. The number of ether oxygens (including phenoxy) is 1. The molecule has 2 aliphatic rings. The van der Waals surface area contributed by atoms with Gasteiger partial charge in [-0.25, -0.2) is 22.8 Å². The van der Waals surface area contributed by atoms with Gasteiger partial charge in [-0.1, -0.05) is 30.3 Å². The molecule has 4 rings (SSSR count). The van der Waals surface area contributed by atoms with Crippen molar-refractivity contribution in [2.45, 2.75) is 25.0 Å². The second-order valence-corrected chi connectivity index (χ2v) is 7.31. The first-order valence-corrected chi connectivity index (χ1v) is 9.65. The summed E-state index contributed by atoms with van der Waals surface area (Å²) in [5.41, 5.74) is 0.508. The number of carbonyl (C=O) groups is 2. The Morgan fingerprint density at radius 3 is 2.40 bits per heavy atom. The Kier molecular flexibility index (Phi) is 5.52. The summed E-state index contributed by atoms with van der Waals surface area (Å²) in [6.07, 6.45) is 0.362. The van der Waals surface area contributed by atoms with Crippen LogP contribution in [0.25, 0.3) is 0 Å². The van der Waals surface area contributed by atoms with Gasteiger partial charge in [-0.3, -0.25) is 0 Å². The number of nitrogens with zero attached hydrogens (tertiary/aromatic N) is 2. The number of hydrogen-bond donors (Lipinski definition) is 1. The number of likely N-dealkylation sites (tertiary alicyclic amines) is 1. The molecule has 1 unspecified atom stereocenters. The summed E-state index contributed by atoms with van der Waals surface area (Å²) in [6.45, 7) is 1.11. The van der Waals surface area contributed by atoms with Gasteiger partial charge in [-0.15, -0.1) is 0 Å². The van der Waals surface area contributed by atoms with Crippen LogP contribution in [-0.2, 0) is 4.74 Å². The van der Waals surface area contributed by atoms with Crippen molar-refractivity contribution >= 4 is 17.8 Å². The normalized spacial score (nSPS) is 19.7. The van der Waals surface area contributed by atoms with Crippen LogP contribution in [0.4, 0.5) is 28.4 Å². The number of hydrogen-bond acceptors (Lipinski definition) is 3. The Labute approximate surface area is 171 Å². The lowest BCUT2D eigenvalue weighted by atomic mass is 10.0. The summed E-state index contributed by atoms with van der Waals surface area (Å²) in [7, 11) is 0. The smallest absolute Gasteiger partial charge is 0.410 e. The van der Waals surface area contributed by atoms with Crippen molar-refractivity contribution in [2.75, 3.05) is 25.0 Å². The predicted molar refractivity (Wildman–Crippen MR) is 102 cm³/mol. The number of halogens is 3. The van der Waals surface area contributed by atoms with Crippen LogP contribution in [0, 0.1) is 17.5 Å². The van der Waals surface area contributed by atoms with E-state index in [1.54, 1.807) is 4.90 Å². The third-order valence-electron chi connectivity index (χ3n) is 5.48. The lowest BCUT2D eigenvalue weighted by Crippen LogP contribution is -2.48. The molecule has 2 saturated heterocycles. The highest BCUT2D eigenvalue weighted by Crippen LogP contribution is 2.30. The van der Waals surface area contributed by atoms with E-state index in [4.69, 9.17) is 4.74 Å². The van der Waals surface area contributed by atoms with E-state index < -0.39 is 29.2 Å². The summed E-state index contributed by atoms with van der Waals surface area (Å²) in [5.74, 6) is -4.39. The van der Waals surface area contributed by atoms with Crippen molar-refractivity contribution in [3.8, 4) is 0 Å². The molecule has 0 spiro atoms. The maximum absolute atomic E-state index is 13.8. The van der Waals surface area contributed by atoms with Gasteiger partial charge in [-0.05, 0) is 30.5 Å². The van der Waals surface area contributed by atoms with E-state index >= 15 is 0 Å². The zero-order chi connectivity index (χ0) is 21.3. The fourth-order valence-corrected chi connectivity index (χ4v) is 3.82. The van der Waals surface area contributed by atoms with Gasteiger partial charge in [0.25, 0.3) is 0 Å². The zero-order valence-electron chi connectivity index (χ0n) is 16.0. The van der Waals surface area contributed by atoms with Crippen LogP contribution in [0.1, 0.15) is 24.5 Å². The molecule has 158 valence electrons. The zero-order valence-corrected chi connectivity index (χ0v) is 16.0. The molecule has 1 atom stereocenters. The average Bonchev–Trinajstić information content (AvgIpc) is 3.16. The van der Waals surface area contributed by atoms with Crippen molar-refractivity contribution in [3.63, 3.8) is 0 Å². The second-order valence-electron chi connectivity index (χ2n) is 7.31. The molecule has 1 N–H and O–H groups in total. The molecule has 2 heterocycles. The van der Waals surface area contributed by atoms with Gasteiger partial charge in [0.05, 0.1) is 12.2 Å². The summed E-state index contributed by atoms with van der Waals surface area (Å²) in [5, 5.41) is 2.27. The van der Waals surface area contributed by atoms with Crippen molar-refractivity contribution < 1.29 is 27.5 Å². The SMILES string of the molecule is O=C(Nc1ccc(F)c(F)c1F)N1CCC(N2CC(c3ccccc3)OC2=O)CC1. The molecule has 9 heteroatoms. The van der Waals surface area contributed by atoms with Gasteiger partial charge >= 0.3 is 12.1 Å². The van der Waals surface area contributed by atoms with E-state index in [9.17, 15) is 22.8 Å². The van der Waals surface area contributed by atoms with Gasteiger partial charge in [0.2, 0.25) is 0 Å². The molecule has 2 aromatic carbocycles. The minimum atomic E-state index is -1.63. The maximum Gasteiger partial charge on any atom is 0.410 e. The van der Waals surface area contributed by atoms with E-state index in [2.05, 4.69) is 5.32 Å². The molecule has 0 bridgehead atoms. The third-order valence-corrected chi connectivity index (χ3v) is 5.48. The number of nitrogens with one attached hydrogen (secondary N) is 1. The van der Waals surface area contributed by atoms with Gasteiger partial charge in [0.1, 0.15) is 6.10 Å². The largest absolute Gasteiger partial charge is 0.439 e. The summed E-state index contributed by atoms with van der Waals surface area (Å²) in [4.78, 5) is 27.8. The number of amides is 3. The highest BCUT2D eigenvalue weighted by atomic mass is 19.2. The quantitative estimate of drug-likeness (QED) is 0.755. The minimum absolute atomic E-state index is 0.0738. The molecule has 0 aromatic heterocycles. The van der Waals surface area contributed by atoms with Gasteiger partial charge in [-0.2, -0.15) is 0 Å². The highest BCUT2D eigenvalue weighted by molar-refractivity contribution is 5.89. The Morgan fingerprint density at radius 1 is 1.00 bits per heavy atom. The summed E-state index contributed by atoms with van der Waals surface area (Å²) < 4.78 is 45.6. The molecule has 6 nitrogen and oxygen atoms in total. The van der Waals surface area contributed by atoms with E-state index in [1.807, 2.05) is 30.3 Å². The fourth-order valence-electron chi connectivity index (χ4n) is 3.82. The van der Waals surface area contributed by atoms with Crippen molar-refractivity contribution in [1.29, 1.82) is 0 Å². The van der Waals surface area contributed by atoms with Crippen LogP contribution < -0.4 is 5.32 Å². The number of carbonyl (C=O) groups excluding carboxylic acids is 2. The number of urea groups is 1. The number of piperidine rings is 1. The van der Waals surface area contributed by atoms with Crippen LogP contribution in [0.15, 0.2) is 42.5 Å². The van der Waals surface area contributed by atoms with Crippen molar-refractivity contribution in [1.82, 2.24) is 9.80 Å². The Bertz CT molecular complexity index is 949. The molecule has 2 fully saturated rings. The summed E-state index contributed by atoms with van der Waals surface area (Å²) in [6, 6.07) is 10.5. The lowest BCUT2D eigenvalue weighted by molar-refractivity contribution is 0.117. The molecule has 3 amide bonds. The molecule has 30 heavy (non-hydrogen) atoms. The second kappa shape index (κ2) is 8.25. The maximum atomic E-state index is 13.8. The van der Waals surface area contributed by atoms with Crippen LogP contribution in [0.5, 0.6) is 0 Å². The monoisotopic (exact) mass is 419 g/mol. The summed E-state index contributed by atoms with van der Waals surface area (Å²) >= 11 is 0. The van der Waals surface area contributed by atoms with Gasteiger partial charge in [0, 0.05) is 19.1 Å². The van der Waals surface area contributed by atoms with Crippen molar-refractivity contribution in [2.24, 2.45) is 0 Å². The molecule has 2 aliphatic heterocycles. The first-order chi connectivity index (χ1) is 14.4. The standard InChI is InChI=1S/C21H20F3N3O3/c22-15-6-7-16(19(24)18(15)23)25-20(28)26-10-8-14(9-11-26)27-12-17(30-21(27)29)13-4-2-1-3-5-13/h1-7,14,17H,8-12H2,(H,25,28). The van der Waals surface area contributed by atoms with Crippen LogP contribution in [0.3, 0.4) is 0 Å². The molecular weight excluding hydrogens is 399 g/mol. The van der Waals surface area contributed by atoms with Gasteiger partial charge < -0.3 is 19.9 Å². The minimum Gasteiger partial charge on any atom is -0.439 e. The van der Waals surface area contributed by atoms with Crippen molar-refractivity contribution in [3.05, 3.63) is 65.5 Å². The van der Waals surface area contributed by atoms with E-state index in [-0.39, 0.29) is 18.2 Å². The Morgan fingerprint density at radius 2 is 1.70 bits per heavy atom. The predicted octanol–water partition coefficient (Wildman–Crippen LogP) is 4.29. The molecule has 0 saturated carbocycles. The lowest BCUT2D eigenvalue weighted by Gasteiger charge is -2.35. The van der Waals surface area contributed by atoms with Crippen LogP contribution in [-0.4, -0.2) is 47.6 Å². The molecular formula is C21H20F3N3O3. The molecule has 0 radical (unpaired) electrons. The molecule has 2 aromatic rings. The van der Waals surface area contributed by atoms with E-state index in [0.29, 0.717) is 32.5 Å². The van der Waals surface area contributed by atoms with Gasteiger partial charge in [0.15, 0.2) is 17.5 Å². The fraction of sp³-hybridized carbons (Fsp3) is 0.333. The first-order valence-electron chi connectivity index (χ1n) is 9.65. The van der Waals surface area contributed by atoms with E-state index in [1.165, 1.54) is 4.90 Å². The number of rotatable bonds is 3. The topological polar surface area (TPSA) is 61.9 Å². The van der Waals surface area contributed by atoms with Crippen LogP contribution >= 0.6 is 0 Å². The van der Waals surface area contributed by atoms with Crippen LogP contribution in [0.2, 0.25) is 0 Å². The average molecular weight is 419 g/mol.